The Morgan fingerprint density at radius 2 is 1.71 bits per heavy atom. The van der Waals surface area contributed by atoms with Crippen LogP contribution in [-0.2, 0) is 26.0 Å². The lowest BCUT2D eigenvalue weighted by Gasteiger charge is -2.21. The fraction of sp³-hybridized carbons (Fsp3) is 0.200. The van der Waals surface area contributed by atoms with Gasteiger partial charge >= 0.3 is 0 Å². The molecule has 1 atom stereocenters. The van der Waals surface area contributed by atoms with Crippen molar-refractivity contribution in [1.29, 1.82) is 0 Å². The van der Waals surface area contributed by atoms with E-state index in [9.17, 15) is 18.0 Å². The van der Waals surface area contributed by atoms with Gasteiger partial charge in [-0.1, -0.05) is 48.5 Å². The second-order valence-corrected chi connectivity index (χ2v) is 10.2. The highest BCUT2D eigenvalue weighted by molar-refractivity contribution is 7.92. The third-order valence-electron chi connectivity index (χ3n) is 5.90. The summed E-state index contributed by atoms with van der Waals surface area (Å²) in [5.41, 5.74) is 1.55. The molecule has 1 unspecified atom stereocenters. The monoisotopic (exact) mass is 478 g/mol. The van der Waals surface area contributed by atoms with Crippen LogP contribution >= 0.6 is 0 Å². The van der Waals surface area contributed by atoms with Crippen LogP contribution in [0.25, 0.3) is 0 Å². The Labute approximate surface area is 197 Å². The van der Waals surface area contributed by atoms with E-state index in [1.54, 1.807) is 36.4 Å². The second kappa shape index (κ2) is 8.83. The first kappa shape index (κ1) is 22.0. The van der Waals surface area contributed by atoms with E-state index in [0.717, 1.165) is 5.56 Å². The molecular formula is C25H22N2O6S. The van der Waals surface area contributed by atoms with Gasteiger partial charge in [0.2, 0.25) is 18.6 Å². The maximum Gasteiger partial charge on any atom is 0.240 e. The third-order valence-corrected chi connectivity index (χ3v) is 8.05. The highest BCUT2D eigenvalue weighted by Crippen LogP contribution is 2.43. The molecule has 0 spiro atoms. The Bertz CT molecular complexity index is 1360. The summed E-state index contributed by atoms with van der Waals surface area (Å²) in [6.07, 6.45) is -0.303. The Kier molecular flexibility index (Phi) is 5.70. The molecular weight excluding hydrogens is 456 g/mol. The van der Waals surface area contributed by atoms with Gasteiger partial charge in [0.1, 0.15) is 6.54 Å². The fourth-order valence-electron chi connectivity index (χ4n) is 4.17. The summed E-state index contributed by atoms with van der Waals surface area (Å²) in [6, 6.07) is 20.6. The zero-order valence-electron chi connectivity index (χ0n) is 18.1. The average Bonchev–Trinajstić information content (AvgIpc) is 3.30. The van der Waals surface area contributed by atoms with Crippen molar-refractivity contribution in [1.82, 2.24) is 5.32 Å². The maximum atomic E-state index is 13.7. The van der Waals surface area contributed by atoms with Crippen LogP contribution in [0.3, 0.4) is 0 Å². The first-order valence-corrected chi connectivity index (χ1v) is 12.3. The van der Waals surface area contributed by atoms with Crippen LogP contribution in [0.5, 0.6) is 11.5 Å². The van der Waals surface area contributed by atoms with E-state index in [1.807, 2.05) is 30.3 Å². The van der Waals surface area contributed by atoms with E-state index in [1.165, 1.54) is 11.0 Å². The zero-order valence-corrected chi connectivity index (χ0v) is 19.0. The molecule has 3 aromatic rings. The molecule has 0 saturated carbocycles. The number of nitrogens with zero attached hydrogens (tertiary/aromatic N) is 1. The number of anilines is 1. The van der Waals surface area contributed by atoms with Crippen molar-refractivity contribution < 1.29 is 27.5 Å². The van der Waals surface area contributed by atoms with E-state index >= 15 is 0 Å². The van der Waals surface area contributed by atoms with Gasteiger partial charge in [-0.3, -0.25) is 9.59 Å². The molecule has 0 saturated heterocycles. The van der Waals surface area contributed by atoms with Gasteiger partial charge in [0.05, 0.1) is 15.8 Å². The molecule has 0 fully saturated rings. The number of nitrogens with one attached hydrogen (secondary N) is 1. The van der Waals surface area contributed by atoms with Crippen LogP contribution in [0, 0.1) is 0 Å². The number of hydrogen-bond donors (Lipinski definition) is 1. The molecule has 174 valence electrons. The number of rotatable bonds is 5. The molecule has 9 heteroatoms. The quantitative estimate of drug-likeness (QED) is 0.605. The molecule has 0 aromatic heterocycles. The second-order valence-electron chi connectivity index (χ2n) is 8.06. The van der Waals surface area contributed by atoms with Gasteiger partial charge in [0.25, 0.3) is 0 Å². The van der Waals surface area contributed by atoms with Gasteiger partial charge in [-0.15, -0.1) is 0 Å². The van der Waals surface area contributed by atoms with Crippen molar-refractivity contribution in [2.75, 3.05) is 18.2 Å². The molecule has 1 N–H and O–H groups in total. The molecule has 0 radical (unpaired) electrons. The van der Waals surface area contributed by atoms with Crippen molar-refractivity contribution in [2.24, 2.45) is 0 Å². The highest BCUT2D eigenvalue weighted by Gasteiger charge is 2.40. The number of carbonyl (C=O) groups excluding carboxylic acids is 2. The summed E-state index contributed by atoms with van der Waals surface area (Å²) >= 11 is 0. The number of benzene rings is 3. The standard InChI is InChI=1S/C25H22N2O6S/c28-24(26-14-17-6-2-1-3-7-17)15-27-19-8-4-5-9-22(19)34(30,31)23(13-25(27)29)18-10-11-20-21(12-18)33-16-32-20/h1-12,23H,13-16H2,(H,26,28). The molecule has 2 aliphatic heterocycles. The summed E-state index contributed by atoms with van der Waals surface area (Å²) < 4.78 is 38.0. The fourth-order valence-corrected chi connectivity index (χ4v) is 6.08. The summed E-state index contributed by atoms with van der Waals surface area (Å²) in [6.45, 7) is 0.0807. The largest absolute Gasteiger partial charge is 0.454 e. The lowest BCUT2D eigenvalue weighted by molar-refractivity contribution is -0.124. The Morgan fingerprint density at radius 1 is 0.971 bits per heavy atom. The first-order valence-electron chi connectivity index (χ1n) is 10.8. The van der Waals surface area contributed by atoms with Crippen molar-refractivity contribution in [3.63, 3.8) is 0 Å². The van der Waals surface area contributed by atoms with Crippen molar-refractivity contribution in [3.8, 4) is 11.5 Å². The van der Waals surface area contributed by atoms with Crippen LogP contribution in [-0.4, -0.2) is 33.6 Å². The zero-order chi connectivity index (χ0) is 23.7. The normalized spacial score (nSPS) is 18.2. The molecule has 3 aromatic carbocycles. The number of fused-ring (bicyclic) bond motifs is 2. The van der Waals surface area contributed by atoms with Crippen molar-refractivity contribution >= 4 is 27.3 Å². The van der Waals surface area contributed by atoms with E-state index in [4.69, 9.17) is 9.47 Å². The smallest absolute Gasteiger partial charge is 0.240 e. The predicted molar refractivity (Wildman–Crippen MR) is 124 cm³/mol. The molecule has 5 rings (SSSR count). The van der Waals surface area contributed by atoms with Gasteiger partial charge in [-0.05, 0) is 35.4 Å². The van der Waals surface area contributed by atoms with Crippen molar-refractivity contribution in [3.05, 3.63) is 83.9 Å². The molecule has 0 aliphatic carbocycles. The SMILES string of the molecule is O=C(CN1C(=O)CC(c2ccc3c(c2)OCO3)S(=O)(=O)c2ccccc21)NCc1ccccc1. The van der Waals surface area contributed by atoms with Gasteiger partial charge in [-0.25, -0.2) is 8.42 Å². The predicted octanol–water partition coefficient (Wildman–Crippen LogP) is 2.98. The van der Waals surface area contributed by atoms with E-state index < -0.39 is 21.0 Å². The lowest BCUT2D eigenvalue weighted by Crippen LogP contribution is -2.40. The summed E-state index contributed by atoms with van der Waals surface area (Å²) in [4.78, 5) is 27.3. The van der Waals surface area contributed by atoms with Crippen LogP contribution in [0.15, 0.2) is 77.7 Å². The highest BCUT2D eigenvalue weighted by atomic mass is 32.2. The molecule has 34 heavy (non-hydrogen) atoms. The number of carbonyl (C=O) groups is 2. The van der Waals surface area contributed by atoms with Gasteiger partial charge in [-0.2, -0.15) is 0 Å². The third kappa shape index (κ3) is 4.10. The van der Waals surface area contributed by atoms with E-state index in [0.29, 0.717) is 23.6 Å². The maximum absolute atomic E-state index is 13.7. The topological polar surface area (TPSA) is 102 Å². The van der Waals surface area contributed by atoms with Crippen LogP contribution in [0.2, 0.25) is 0 Å². The number of hydrogen-bond acceptors (Lipinski definition) is 6. The minimum atomic E-state index is -3.94. The first-order chi connectivity index (χ1) is 16.4. The Morgan fingerprint density at radius 3 is 2.53 bits per heavy atom. The van der Waals surface area contributed by atoms with Gasteiger partial charge in [0.15, 0.2) is 21.3 Å². The Balaban J connectivity index is 1.45. The number of amides is 2. The van der Waals surface area contributed by atoms with Gasteiger partial charge < -0.3 is 19.7 Å². The summed E-state index contributed by atoms with van der Waals surface area (Å²) in [5, 5.41) is 1.68. The van der Waals surface area contributed by atoms with E-state index in [-0.39, 0.29) is 36.2 Å². The molecule has 8 nitrogen and oxygen atoms in total. The summed E-state index contributed by atoms with van der Waals surface area (Å²) in [7, 11) is -3.94. The number of ether oxygens (including phenoxy) is 2. The molecule has 2 amide bonds. The molecule has 2 aliphatic rings. The van der Waals surface area contributed by atoms with Gasteiger partial charge in [0, 0.05) is 13.0 Å². The van der Waals surface area contributed by atoms with Crippen LogP contribution in [0.4, 0.5) is 5.69 Å². The van der Waals surface area contributed by atoms with E-state index in [2.05, 4.69) is 5.32 Å². The molecule has 2 heterocycles. The molecule has 0 bridgehead atoms. The minimum absolute atomic E-state index is 0.0133. The van der Waals surface area contributed by atoms with Crippen LogP contribution in [0.1, 0.15) is 22.8 Å². The van der Waals surface area contributed by atoms with Crippen molar-refractivity contribution in [2.45, 2.75) is 23.1 Å². The number of para-hydroxylation sites is 1. The lowest BCUT2D eigenvalue weighted by atomic mass is 10.1. The Hall–Kier alpha value is -3.85. The minimum Gasteiger partial charge on any atom is -0.454 e. The number of sulfone groups is 1. The average molecular weight is 479 g/mol. The van der Waals surface area contributed by atoms with Crippen LogP contribution < -0.4 is 19.7 Å². The summed E-state index contributed by atoms with van der Waals surface area (Å²) in [5.74, 6) is 0.130.